The van der Waals surface area contributed by atoms with Gasteiger partial charge >= 0.3 is 0 Å². The second kappa shape index (κ2) is 8.58. The van der Waals surface area contributed by atoms with Gasteiger partial charge in [0, 0.05) is 23.6 Å². The van der Waals surface area contributed by atoms with Crippen LogP contribution in [0.1, 0.15) is 31.4 Å². The second-order valence-corrected chi connectivity index (χ2v) is 6.10. The summed E-state index contributed by atoms with van der Waals surface area (Å²) >= 11 is 1.53. The molecule has 1 unspecified atom stereocenters. The minimum Gasteiger partial charge on any atom is -0.295 e. The molecule has 4 nitrogen and oxygen atoms in total. The van der Waals surface area contributed by atoms with Crippen LogP contribution < -0.4 is 4.72 Å². The average Bonchev–Trinajstić information content (AvgIpc) is 3.07. The topological polar surface area (TPSA) is 40.0 Å². The standard InChI is InChI=1S/C18H24N4S/c1-5-14-12-20-22(13-14)18(19-8-4)21-23-17-10-9-15(6-2)16(7-3)11-17/h6-7,9-12,14H,2-3,5,8,13H2,1,4H3,(H,19,21). The SMILES string of the molecule is C=Cc1ccc(SNC(=NCC)N2CC(CC)C=N2)cc1C=C. The number of guanidine groups is 1. The smallest absolute Gasteiger partial charge is 0.225 e. The van der Waals surface area contributed by atoms with Gasteiger partial charge in [0.15, 0.2) is 0 Å². The van der Waals surface area contributed by atoms with Gasteiger partial charge in [-0.15, -0.1) is 0 Å². The summed E-state index contributed by atoms with van der Waals surface area (Å²) in [4.78, 5) is 5.63. The molecule has 0 saturated heterocycles. The van der Waals surface area contributed by atoms with Crippen LogP contribution in [0.25, 0.3) is 12.2 Å². The quantitative estimate of drug-likeness (QED) is 0.481. The minimum absolute atomic E-state index is 0.503. The van der Waals surface area contributed by atoms with Crippen molar-refractivity contribution in [2.75, 3.05) is 13.1 Å². The molecule has 0 saturated carbocycles. The van der Waals surface area contributed by atoms with Crippen molar-refractivity contribution in [1.29, 1.82) is 0 Å². The van der Waals surface area contributed by atoms with Gasteiger partial charge in [-0.05, 0) is 48.6 Å². The van der Waals surface area contributed by atoms with E-state index in [0.717, 1.165) is 41.5 Å². The summed E-state index contributed by atoms with van der Waals surface area (Å²) in [5.74, 6) is 1.31. The summed E-state index contributed by atoms with van der Waals surface area (Å²) in [7, 11) is 0. The molecule has 23 heavy (non-hydrogen) atoms. The molecule has 0 spiro atoms. The molecule has 0 aliphatic carbocycles. The molecular formula is C18H24N4S. The number of nitrogens with zero attached hydrogens (tertiary/aromatic N) is 3. The zero-order valence-electron chi connectivity index (χ0n) is 13.8. The molecule has 1 aliphatic rings. The van der Waals surface area contributed by atoms with E-state index in [2.05, 4.69) is 47.0 Å². The van der Waals surface area contributed by atoms with Crippen molar-refractivity contribution in [3.63, 3.8) is 0 Å². The first kappa shape index (κ1) is 17.3. The first-order valence-corrected chi connectivity index (χ1v) is 8.71. The highest BCUT2D eigenvalue weighted by Crippen LogP contribution is 2.22. The third-order valence-electron chi connectivity index (χ3n) is 3.66. The number of nitrogens with one attached hydrogen (secondary N) is 1. The van der Waals surface area contributed by atoms with E-state index in [1.165, 1.54) is 11.9 Å². The molecule has 0 fully saturated rings. The third kappa shape index (κ3) is 4.48. The van der Waals surface area contributed by atoms with E-state index in [1.807, 2.05) is 36.4 Å². The zero-order chi connectivity index (χ0) is 16.7. The van der Waals surface area contributed by atoms with Gasteiger partial charge in [-0.3, -0.25) is 9.71 Å². The average molecular weight is 328 g/mol. The minimum atomic E-state index is 0.503. The van der Waals surface area contributed by atoms with Gasteiger partial charge in [0.2, 0.25) is 5.96 Å². The van der Waals surface area contributed by atoms with Crippen LogP contribution >= 0.6 is 11.9 Å². The van der Waals surface area contributed by atoms with Crippen LogP contribution in [0.3, 0.4) is 0 Å². The number of hydrogen-bond acceptors (Lipinski definition) is 3. The van der Waals surface area contributed by atoms with Crippen molar-refractivity contribution in [1.82, 2.24) is 9.73 Å². The summed E-state index contributed by atoms with van der Waals surface area (Å²) in [6.07, 6.45) is 6.79. The Balaban J connectivity index is 2.05. The zero-order valence-corrected chi connectivity index (χ0v) is 14.6. The van der Waals surface area contributed by atoms with Crippen LogP contribution in [0.4, 0.5) is 0 Å². The molecule has 1 atom stereocenters. The molecule has 0 amide bonds. The summed E-state index contributed by atoms with van der Waals surface area (Å²) < 4.78 is 3.33. The van der Waals surface area contributed by atoms with Gasteiger partial charge in [0.1, 0.15) is 0 Å². The van der Waals surface area contributed by atoms with Crippen LogP contribution in [0.15, 0.2) is 46.3 Å². The van der Waals surface area contributed by atoms with Crippen molar-refractivity contribution in [2.24, 2.45) is 16.0 Å². The number of rotatable bonds is 6. The highest BCUT2D eigenvalue weighted by molar-refractivity contribution is 7.98. The lowest BCUT2D eigenvalue weighted by Gasteiger charge is -2.18. The Kier molecular flexibility index (Phi) is 6.47. The van der Waals surface area contributed by atoms with E-state index in [1.54, 1.807) is 0 Å². The number of hydrogen-bond donors (Lipinski definition) is 1. The maximum atomic E-state index is 4.53. The van der Waals surface area contributed by atoms with Crippen LogP contribution in [0.2, 0.25) is 0 Å². The summed E-state index contributed by atoms with van der Waals surface area (Å²) in [5, 5.41) is 6.39. The van der Waals surface area contributed by atoms with Crippen molar-refractivity contribution in [2.45, 2.75) is 25.2 Å². The van der Waals surface area contributed by atoms with E-state index in [9.17, 15) is 0 Å². The molecule has 0 bridgehead atoms. The Hall–Kier alpha value is -2.01. The van der Waals surface area contributed by atoms with E-state index in [4.69, 9.17) is 0 Å². The van der Waals surface area contributed by atoms with Crippen LogP contribution in [-0.2, 0) is 0 Å². The van der Waals surface area contributed by atoms with Crippen molar-refractivity contribution in [3.8, 4) is 0 Å². The lowest BCUT2D eigenvalue weighted by atomic mass is 10.1. The molecule has 1 heterocycles. The molecule has 122 valence electrons. The van der Waals surface area contributed by atoms with E-state index in [0.29, 0.717) is 5.92 Å². The normalized spacial score (nSPS) is 17.4. The number of benzene rings is 1. The Bertz CT molecular complexity index is 621. The monoisotopic (exact) mass is 328 g/mol. The van der Waals surface area contributed by atoms with Gasteiger partial charge in [-0.25, -0.2) is 5.01 Å². The van der Waals surface area contributed by atoms with E-state index in [-0.39, 0.29) is 0 Å². The first-order chi connectivity index (χ1) is 11.2. The number of aliphatic imine (C=N–C) groups is 1. The Morgan fingerprint density at radius 3 is 2.78 bits per heavy atom. The molecule has 1 aromatic carbocycles. The van der Waals surface area contributed by atoms with Gasteiger partial charge in [0.05, 0.1) is 6.54 Å². The Morgan fingerprint density at radius 1 is 1.39 bits per heavy atom. The maximum Gasteiger partial charge on any atom is 0.225 e. The van der Waals surface area contributed by atoms with Gasteiger partial charge in [-0.1, -0.05) is 38.3 Å². The highest BCUT2D eigenvalue weighted by atomic mass is 32.2. The summed E-state index contributed by atoms with van der Waals surface area (Å²) in [6.45, 7) is 13.5. The van der Waals surface area contributed by atoms with Crippen molar-refractivity contribution in [3.05, 3.63) is 42.5 Å². The Labute approximate surface area is 143 Å². The summed E-state index contributed by atoms with van der Waals surface area (Å²) in [5.41, 5.74) is 2.16. The predicted octanol–water partition coefficient (Wildman–Crippen LogP) is 4.27. The lowest BCUT2D eigenvalue weighted by Crippen LogP contribution is -2.34. The van der Waals surface area contributed by atoms with Crippen LogP contribution in [-0.4, -0.2) is 30.3 Å². The fraction of sp³-hybridized carbons (Fsp3) is 0.333. The van der Waals surface area contributed by atoms with Crippen molar-refractivity contribution >= 4 is 36.3 Å². The van der Waals surface area contributed by atoms with E-state index >= 15 is 0 Å². The lowest BCUT2D eigenvalue weighted by molar-refractivity contribution is 0.431. The van der Waals surface area contributed by atoms with Gasteiger partial charge < -0.3 is 0 Å². The number of hydrazone groups is 1. The highest BCUT2D eigenvalue weighted by Gasteiger charge is 2.20. The van der Waals surface area contributed by atoms with Gasteiger partial charge in [0.25, 0.3) is 0 Å². The van der Waals surface area contributed by atoms with Crippen molar-refractivity contribution < 1.29 is 0 Å². The molecular weight excluding hydrogens is 304 g/mol. The first-order valence-electron chi connectivity index (χ1n) is 7.89. The maximum absolute atomic E-state index is 4.53. The molecule has 1 aromatic rings. The third-order valence-corrected chi connectivity index (χ3v) is 4.43. The van der Waals surface area contributed by atoms with Crippen LogP contribution in [0.5, 0.6) is 0 Å². The predicted molar refractivity (Wildman–Crippen MR) is 103 cm³/mol. The van der Waals surface area contributed by atoms with Gasteiger partial charge in [-0.2, -0.15) is 5.10 Å². The second-order valence-electron chi connectivity index (χ2n) is 5.22. The van der Waals surface area contributed by atoms with Crippen LogP contribution in [0, 0.1) is 5.92 Å². The molecule has 0 aromatic heterocycles. The molecule has 2 rings (SSSR count). The molecule has 1 aliphatic heterocycles. The molecule has 0 radical (unpaired) electrons. The van der Waals surface area contributed by atoms with E-state index < -0.39 is 0 Å². The Morgan fingerprint density at radius 2 is 2.17 bits per heavy atom. The fourth-order valence-corrected chi connectivity index (χ4v) is 2.97. The molecule has 1 N–H and O–H groups in total. The fourth-order valence-electron chi connectivity index (χ4n) is 2.27. The summed E-state index contributed by atoms with van der Waals surface area (Å²) in [6, 6.07) is 6.20. The largest absolute Gasteiger partial charge is 0.295 e. The molecule has 5 heteroatoms.